The Labute approximate surface area is 284 Å². The van der Waals surface area contributed by atoms with Crippen LogP contribution in [0.15, 0.2) is 45.4 Å². The van der Waals surface area contributed by atoms with Gasteiger partial charge in [0.2, 0.25) is 9.23 Å². The van der Waals surface area contributed by atoms with Gasteiger partial charge in [0.1, 0.15) is 22.9 Å². The molecule has 0 saturated heterocycles. The molecule has 0 radical (unpaired) electrons. The van der Waals surface area contributed by atoms with E-state index in [1.165, 1.54) is 0 Å². The van der Waals surface area contributed by atoms with E-state index in [4.69, 9.17) is 71.3 Å². The Hall–Kier alpha value is -1.000. The first kappa shape index (κ1) is 41.0. The maximum atomic E-state index is 9.49. The van der Waals surface area contributed by atoms with E-state index in [1.54, 1.807) is 36.4 Å². The lowest BCUT2D eigenvalue weighted by molar-refractivity contribution is 0.275. The number of aliphatic hydroxyl groups excluding tert-OH is 1. The molecule has 4 aromatic rings. The lowest BCUT2D eigenvalue weighted by atomic mass is 10.0. The number of alkyl halides is 1. The minimum Gasteiger partial charge on any atom is -0.391 e. The average Bonchev–Trinajstić information content (AvgIpc) is 3.48. The lowest BCUT2D eigenvalue weighted by Gasteiger charge is -2.06. The van der Waals surface area contributed by atoms with Crippen molar-refractivity contribution in [2.75, 3.05) is 0 Å². The first-order valence-electron chi connectivity index (χ1n) is 11.6. The Bertz CT molecular complexity index is 1300. The van der Waals surface area contributed by atoms with Crippen LogP contribution in [-0.4, -0.2) is 19.6 Å². The fraction of sp³-hybridized carbons (Fsp3) is 0.357. The third kappa shape index (κ3) is 10.6. The van der Waals surface area contributed by atoms with Crippen LogP contribution in [0, 0.1) is 0 Å². The second-order valence-corrected chi connectivity index (χ2v) is 13.1. The van der Waals surface area contributed by atoms with E-state index >= 15 is 0 Å². The van der Waals surface area contributed by atoms with Crippen molar-refractivity contribution in [3.05, 3.63) is 79.1 Å². The number of halogens is 7. The van der Waals surface area contributed by atoms with Crippen LogP contribution in [0.5, 0.6) is 0 Å². The van der Waals surface area contributed by atoms with Gasteiger partial charge in [-0.15, -0.1) is 11.6 Å². The molecule has 2 aromatic heterocycles. The maximum absolute atomic E-state index is 9.49. The molecule has 0 bridgehead atoms. The SMILES string of the molecule is C.C.CC(C)c1onc(-c2c(Cl)cccc2Cl)c1CCl.CC(C)c1onc(-c2c(Cl)cccc2Cl)c1CO.O=S(Cl)Cl. The van der Waals surface area contributed by atoms with Gasteiger partial charge in [0.25, 0.3) is 0 Å². The fourth-order valence-electron chi connectivity index (χ4n) is 3.67. The number of hydrogen-bond acceptors (Lipinski definition) is 6. The van der Waals surface area contributed by atoms with E-state index in [-0.39, 0.29) is 33.3 Å². The summed E-state index contributed by atoms with van der Waals surface area (Å²) in [7, 11) is 7.36. The molecular weight excluding hydrogens is 709 g/mol. The Morgan fingerprint density at radius 3 is 1.33 bits per heavy atom. The molecule has 0 spiro atoms. The zero-order chi connectivity index (χ0) is 30.1. The van der Waals surface area contributed by atoms with Crippen LogP contribution in [0.4, 0.5) is 0 Å². The van der Waals surface area contributed by atoms with Crippen LogP contribution in [0.1, 0.15) is 77.0 Å². The molecule has 2 heterocycles. The van der Waals surface area contributed by atoms with Crippen molar-refractivity contribution in [2.24, 2.45) is 0 Å². The van der Waals surface area contributed by atoms with Gasteiger partial charge >= 0.3 is 0 Å². The van der Waals surface area contributed by atoms with Crippen molar-refractivity contribution in [1.29, 1.82) is 0 Å². The van der Waals surface area contributed by atoms with Crippen molar-refractivity contribution in [1.82, 2.24) is 10.3 Å². The zero-order valence-electron chi connectivity index (χ0n) is 21.7. The minimum atomic E-state index is -1.67. The van der Waals surface area contributed by atoms with Gasteiger partial charge in [-0.2, -0.15) is 0 Å². The monoisotopic (exact) mass is 738 g/mol. The van der Waals surface area contributed by atoms with Gasteiger partial charge in [-0.3, -0.25) is 0 Å². The minimum absolute atomic E-state index is 0. The highest BCUT2D eigenvalue weighted by atomic mass is 36.0. The Morgan fingerprint density at radius 1 is 0.738 bits per heavy atom. The van der Waals surface area contributed by atoms with Gasteiger partial charge in [-0.1, -0.05) is 111 Å². The summed E-state index contributed by atoms with van der Waals surface area (Å²) in [4.78, 5) is 0. The topological polar surface area (TPSA) is 89.4 Å². The van der Waals surface area contributed by atoms with Gasteiger partial charge in [-0.05, 0) is 24.3 Å². The van der Waals surface area contributed by atoms with Crippen molar-refractivity contribution in [3.63, 3.8) is 0 Å². The molecule has 6 nitrogen and oxygen atoms in total. The summed E-state index contributed by atoms with van der Waals surface area (Å²) >= 11 is 30.6. The number of hydrogen-bond donors (Lipinski definition) is 1. The number of nitrogens with zero attached hydrogens (tertiary/aromatic N) is 2. The molecule has 0 unspecified atom stereocenters. The van der Waals surface area contributed by atoms with Crippen LogP contribution in [-0.2, 0) is 21.7 Å². The summed E-state index contributed by atoms with van der Waals surface area (Å²) in [6.07, 6.45) is 0. The molecule has 0 aliphatic rings. The molecule has 0 aliphatic heterocycles. The first-order valence-corrected chi connectivity index (χ1v) is 16.5. The van der Waals surface area contributed by atoms with Crippen LogP contribution in [0.25, 0.3) is 22.5 Å². The van der Waals surface area contributed by atoms with Crippen LogP contribution in [0.3, 0.4) is 0 Å². The van der Waals surface area contributed by atoms with Crippen LogP contribution in [0.2, 0.25) is 20.1 Å². The van der Waals surface area contributed by atoms with E-state index < -0.39 is 9.23 Å². The van der Waals surface area contributed by atoms with Crippen LogP contribution >= 0.6 is 79.4 Å². The number of aromatic nitrogens is 2. The Balaban J connectivity index is 0.000000682. The highest BCUT2D eigenvalue weighted by Crippen LogP contribution is 2.39. The second kappa shape index (κ2) is 19.4. The van der Waals surface area contributed by atoms with Crippen molar-refractivity contribution in [2.45, 2.75) is 66.9 Å². The van der Waals surface area contributed by atoms with E-state index in [2.05, 4.69) is 31.7 Å². The lowest BCUT2D eigenvalue weighted by Crippen LogP contribution is -1.94. The summed E-state index contributed by atoms with van der Waals surface area (Å²) in [5.41, 5.74) is 3.90. The molecule has 0 aliphatic carbocycles. The highest BCUT2D eigenvalue weighted by molar-refractivity contribution is 8.26. The maximum Gasteiger partial charge on any atom is 0.211 e. The average molecular weight is 742 g/mol. The highest BCUT2D eigenvalue weighted by Gasteiger charge is 2.23. The van der Waals surface area contributed by atoms with Crippen molar-refractivity contribution < 1.29 is 18.4 Å². The van der Waals surface area contributed by atoms with Crippen molar-refractivity contribution >= 4 is 88.6 Å². The van der Waals surface area contributed by atoms with Gasteiger partial charge in [-0.25, -0.2) is 4.21 Å². The Morgan fingerprint density at radius 2 is 1.05 bits per heavy atom. The standard InChI is InChI=1S/C13H12Cl3NO.C13H13Cl2NO2.2CH4.Cl2OS/c1-7(2)13-8(6-14)12(17-18-13)11-9(15)4-3-5-10(11)16;1-7(2)13-8(6-17)12(16-18-13)11-9(14)4-3-5-10(11)15;;;1-4(2)3/h3-5,7H,6H2,1-2H3;3-5,7,17H,6H2,1-2H3;2*1H4;. The Kier molecular flexibility index (Phi) is 18.9. The third-order valence-electron chi connectivity index (χ3n) is 5.38. The first-order chi connectivity index (χ1) is 18.8. The molecule has 0 amide bonds. The van der Waals surface area contributed by atoms with Crippen LogP contribution < -0.4 is 0 Å². The second-order valence-electron chi connectivity index (χ2n) is 8.73. The summed E-state index contributed by atoms with van der Waals surface area (Å²) in [5.74, 6) is 2.09. The normalized spacial score (nSPS) is 10.5. The summed E-state index contributed by atoms with van der Waals surface area (Å²) in [6, 6.07) is 10.5. The summed E-state index contributed by atoms with van der Waals surface area (Å²) in [6.45, 7) is 7.83. The summed E-state index contributed by atoms with van der Waals surface area (Å²) < 4.78 is 19.7. The molecule has 1 N–H and O–H groups in total. The van der Waals surface area contributed by atoms with Gasteiger partial charge in [0, 0.05) is 55.5 Å². The van der Waals surface area contributed by atoms with E-state index in [1.807, 2.05) is 27.7 Å². The summed E-state index contributed by atoms with van der Waals surface area (Å²) in [5, 5.41) is 19.6. The molecule has 0 saturated carbocycles. The molecule has 234 valence electrons. The van der Waals surface area contributed by atoms with E-state index in [0.717, 1.165) is 11.3 Å². The number of rotatable bonds is 6. The van der Waals surface area contributed by atoms with Gasteiger partial charge < -0.3 is 14.2 Å². The predicted octanol–water partition coefficient (Wildman–Crippen LogP) is 12.1. The van der Waals surface area contributed by atoms with E-state index in [9.17, 15) is 5.11 Å². The largest absolute Gasteiger partial charge is 0.391 e. The molecular formula is C28H33Cl7N2O4S. The van der Waals surface area contributed by atoms with Gasteiger partial charge in [0.05, 0.1) is 32.6 Å². The molecule has 42 heavy (non-hydrogen) atoms. The molecule has 2 aromatic carbocycles. The molecule has 0 atom stereocenters. The molecule has 14 heteroatoms. The predicted molar refractivity (Wildman–Crippen MR) is 181 cm³/mol. The number of benzene rings is 2. The van der Waals surface area contributed by atoms with Gasteiger partial charge in [0.15, 0.2) is 0 Å². The fourth-order valence-corrected chi connectivity index (χ4v) is 5.09. The third-order valence-corrected chi connectivity index (χ3v) is 6.90. The zero-order valence-corrected chi connectivity index (χ0v) is 27.8. The number of aliphatic hydroxyl groups is 1. The van der Waals surface area contributed by atoms with Crippen molar-refractivity contribution in [3.8, 4) is 22.5 Å². The van der Waals surface area contributed by atoms with E-state index in [0.29, 0.717) is 59.8 Å². The quantitative estimate of drug-likeness (QED) is 0.156. The smallest absolute Gasteiger partial charge is 0.211 e. The molecule has 0 fully saturated rings. The molecule has 4 rings (SSSR count).